The second kappa shape index (κ2) is 15.4. The van der Waals surface area contributed by atoms with Crippen molar-refractivity contribution in [1.29, 1.82) is 0 Å². The largest absolute Gasteiger partial charge is 0.395 e. The van der Waals surface area contributed by atoms with Gasteiger partial charge >= 0.3 is 0 Å². The number of rotatable bonds is 7. The molecule has 5 heteroatoms. The third kappa shape index (κ3) is 11.4. The molecule has 1 aliphatic rings. The van der Waals surface area contributed by atoms with E-state index in [9.17, 15) is 9.59 Å². The highest BCUT2D eigenvalue weighted by atomic mass is 16.3. The van der Waals surface area contributed by atoms with Gasteiger partial charge in [-0.1, -0.05) is 27.7 Å². The van der Waals surface area contributed by atoms with Crippen molar-refractivity contribution in [3.05, 3.63) is 0 Å². The normalized spacial score (nSPS) is 17.1. The van der Waals surface area contributed by atoms with Crippen LogP contribution in [0.3, 0.4) is 0 Å². The molecule has 1 amide bonds. The zero-order valence-corrected chi connectivity index (χ0v) is 14.4. The van der Waals surface area contributed by atoms with Gasteiger partial charge in [0.15, 0.2) is 0 Å². The quantitative estimate of drug-likeness (QED) is 0.757. The number of aliphatic hydroxyl groups excluding tert-OH is 1. The average molecular weight is 304 g/mol. The Morgan fingerprint density at radius 2 is 1.86 bits per heavy atom. The molecule has 1 heterocycles. The first kappa shape index (κ1) is 22.3. The summed E-state index contributed by atoms with van der Waals surface area (Å²) in [5.74, 6) is 0.0695. The number of ketones is 1. The van der Waals surface area contributed by atoms with Crippen LogP contribution in [0.25, 0.3) is 0 Å². The lowest BCUT2D eigenvalue weighted by molar-refractivity contribution is -0.121. The fraction of sp³-hybridized carbons (Fsp3) is 0.875. The highest BCUT2D eigenvalue weighted by Gasteiger charge is 2.23. The number of carbonyl (C=O) groups is 2. The number of hydrogen-bond donors (Lipinski definition) is 2. The van der Waals surface area contributed by atoms with E-state index in [0.717, 1.165) is 19.4 Å². The highest BCUT2D eigenvalue weighted by Crippen LogP contribution is 2.16. The molecule has 1 rings (SSSR count). The number of amides is 1. The minimum absolute atomic E-state index is 0. The third-order valence-corrected chi connectivity index (χ3v) is 3.14. The molecule has 1 atom stereocenters. The Labute approximate surface area is 131 Å². The lowest BCUT2D eigenvalue weighted by Crippen LogP contribution is -2.36. The summed E-state index contributed by atoms with van der Waals surface area (Å²) in [6.07, 6.45) is 2.95. The first-order valence-corrected chi connectivity index (χ1v) is 8.24. The van der Waals surface area contributed by atoms with Crippen LogP contribution in [0.1, 0.15) is 61.7 Å². The molecule has 128 valence electrons. The van der Waals surface area contributed by atoms with Gasteiger partial charge in [-0.25, -0.2) is 0 Å². The van der Waals surface area contributed by atoms with Crippen LogP contribution in [0, 0.1) is 0 Å². The summed E-state index contributed by atoms with van der Waals surface area (Å²) >= 11 is 0. The SMILES string of the molecule is CC.CC.CC(=O)CCNC(=O)CCN1CCC[C@H]1CO.[HH]. The van der Waals surface area contributed by atoms with E-state index in [1.54, 1.807) is 0 Å². The molecule has 0 saturated carbocycles. The zero-order chi connectivity index (χ0) is 16.7. The predicted molar refractivity (Wildman–Crippen MR) is 89.4 cm³/mol. The Hall–Kier alpha value is -0.940. The summed E-state index contributed by atoms with van der Waals surface area (Å²) in [6.45, 7) is 11.8. The standard InChI is InChI=1S/C12H22N2O3.2C2H6.H2/c1-10(16)4-6-13-12(17)5-8-14-7-2-3-11(14)9-15;2*1-2;/h11,15H,2-9H2,1H3,(H,13,17);2*1-2H3;1H/t11-;;;/m0.../s1. The number of aliphatic hydroxyl groups is 1. The molecule has 2 N–H and O–H groups in total. The fourth-order valence-corrected chi connectivity index (χ4v) is 2.11. The molecule has 0 bridgehead atoms. The summed E-state index contributed by atoms with van der Waals surface area (Å²) in [7, 11) is 0. The van der Waals surface area contributed by atoms with Gasteiger partial charge in [-0.15, -0.1) is 0 Å². The van der Waals surface area contributed by atoms with Crippen LogP contribution in [0.4, 0.5) is 0 Å². The van der Waals surface area contributed by atoms with Crippen LogP contribution >= 0.6 is 0 Å². The van der Waals surface area contributed by atoms with Crippen LogP contribution < -0.4 is 5.32 Å². The van der Waals surface area contributed by atoms with E-state index in [-0.39, 0.29) is 25.8 Å². The molecule has 0 aliphatic carbocycles. The third-order valence-electron chi connectivity index (χ3n) is 3.14. The van der Waals surface area contributed by atoms with Gasteiger partial charge in [0.2, 0.25) is 5.91 Å². The van der Waals surface area contributed by atoms with Crippen LogP contribution in [0.5, 0.6) is 0 Å². The second-order valence-corrected chi connectivity index (χ2v) is 4.57. The predicted octanol–water partition coefficient (Wildman–Crippen LogP) is 2.23. The van der Waals surface area contributed by atoms with E-state index < -0.39 is 0 Å². The number of hydrogen-bond acceptors (Lipinski definition) is 4. The van der Waals surface area contributed by atoms with Gasteiger partial charge in [-0.2, -0.15) is 0 Å². The monoisotopic (exact) mass is 304 g/mol. The van der Waals surface area contributed by atoms with Gasteiger partial charge in [-0.3, -0.25) is 14.5 Å². The van der Waals surface area contributed by atoms with Gasteiger partial charge in [0.1, 0.15) is 5.78 Å². The van der Waals surface area contributed by atoms with Gasteiger partial charge in [0.25, 0.3) is 0 Å². The van der Waals surface area contributed by atoms with E-state index in [2.05, 4.69) is 10.2 Å². The summed E-state index contributed by atoms with van der Waals surface area (Å²) in [6, 6.07) is 0.222. The first-order chi connectivity index (χ1) is 10.1. The lowest BCUT2D eigenvalue weighted by atomic mass is 10.2. The van der Waals surface area contributed by atoms with Gasteiger partial charge in [0, 0.05) is 33.4 Å². The molecule has 21 heavy (non-hydrogen) atoms. The molecule has 5 nitrogen and oxygen atoms in total. The van der Waals surface area contributed by atoms with E-state index >= 15 is 0 Å². The minimum Gasteiger partial charge on any atom is -0.395 e. The van der Waals surface area contributed by atoms with Crippen LogP contribution in [-0.4, -0.2) is 54.0 Å². The summed E-state index contributed by atoms with van der Waals surface area (Å²) < 4.78 is 0. The summed E-state index contributed by atoms with van der Waals surface area (Å²) in [5, 5.41) is 11.8. The number of nitrogens with one attached hydrogen (secondary N) is 1. The maximum Gasteiger partial charge on any atom is 0.221 e. The fourth-order valence-electron chi connectivity index (χ4n) is 2.11. The zero-order valence-electron chi connectivity index (χ0n) is 14.4. The van der Waals surface area contributed by atoms with Crippen molar-refractivity contribution in [2.24, 2.45) is 0 Å². The van der Waals surface area contributed by atoms with Gasteiger partial charge in [0.05, 0.1) is 6.61 Å². The Balaban J connectivity index is -0.000000665. The molecule has 0 aromatic rings. The van der Waals surface area contributed by atoms with E-state index in [1.807, 2.05) is 27.7 Å². The van der Waals surface area contributed by atoms with E-state index in [4.69, 9.17) is 5.11 Å². The van der Waals surface area contributed by atoms with E-state index in [1.165, 1.54) is 6.92 Å². The Bertz CT molecular complexity index is 276. The number of likely N-dealkylation sites (tertiary alicyclic amines) is 1. The van der Waals surface area contributed by atoms with Gasteiger partial charge in [-0.05, 0) is 26.3 Å². The molecule has 1 fully saturated rings. The molecule has 0 aromatic carbocycles. The number of Topliss-reactive ketones (excluding diaryl/α,β-unsaturated/α-hetero) is 1. The van der Waals surface area contributed by atoms with Crippen LogP contribution in [0.2, 0.25) is 0 Å². The second-order valence-electron chi connectivity index (χ2n) is 4.57. The Kier molecular flexibility index (Phi) is 16.4. The van der Waals surface area contributed by atoms with Gasteiger partial charge < -0.3 is 10.4 Å². The molecule has 0 aromatic heterocycles. The van der Waals surface area contributed by atoms with Crippen molar-refractivity contribution in [3.8, 4) is 0 Å². The molecule has 1 saturated heterocycles. The van der Waals surface area contributed by atoms with E-state index in [0.29, 0.717) is 25.9 Å². The minimum atomic E-state index is -0.0187. The Morgan fingerprint density at radius 3 is 2.38 bits per heavy atom. The molecule has 1 aliphatic heterocycles. The number of carbonyl (C=O) groups excluding carboxylic acids is 2. The van der Waals surface area contributed by atoms with Crippen molar-refractivity contribution >= 4 is 11.7 Å². The maximum atomic E-state index is 11.5. The average Bonchev–Trinajstić information content (AvgIpc) is 2.96. The van der Waals surface area contributed by atoms with Crippen molar-refractivity contribution < 1.29 is 16.1 Å². The number of nitrogens with zero attached hydrogens (tertiary/aromatic N) is 1. The molecular weight excluding hydrogens is 268 g/mol. The lowest BCUT2D eigenvalue weighted by Gasteiger charge is -2.22. The highest BCUT2D eigenvalue weighted by molar-refractivity contribution is 5.78. The topological polar surface area (TPSA) is 69.6 Å². The van der Waals surface area contributed by atoms with Crippen LogP contribution in [-0.2, 0) is 9.59 Å². The Morgan fingerprint density at radius 1 is 1.24 bits per heavy atom. The molecule has 0 spiro atoms. The summed E-state index contributed by atoms with van der Waals surface area (Å²) in [5.41, 5.74) is 0. The maximum absolute atomic E-state index is 11.5. The van der Waals surface area contributed by atoms with Crippen molar-refractivity contribution in [3.63, 3.8) is 0 Å². The van der Waals surface area contributed by atoms with Crippen molar-refractivity contribution in [1.82, 2.24) is 10.2 Å². The summed E-state index contributed by atoms with van der Waals surface area (Å²) in [4.78, 5) is 24.3. The smallest absolute Gasteiger partial charge is 0.221 e. The first-order valence-electron chi connectivity index (χ1n) is 8.24. The van der Waals surface area contributed by atoms with Crippen molar-refractivity contribution in [2.75, 3.05) is 26.2 Å². The molecule has 0 unspecified atom stereocenters. The van der Waals surface area contributed by atoms with Crippen molar-refractivity contribution in [2.45, 2.75) is 66.3 Å². The molecular formula is C16H36N2O3. The molecule has 0 radical (unpaired) electrons. The van der Waals surface area contributed by atoms with Crippen LogP contribution in [0.15, 0.2) is 0 Å².